The van der Waals surface area contributed by atoms with E-state index in [2.05, 4.69) is 11.8 Å². The lowest BCUT2D eigenvalue weighted by atomic mass is 9.94. The van der Waals surface area contributed by atoms with Crippen LogP contribution in [0, 0.1) is 5.92 Å². The summed E-state index contributed by atoms with van der Waals surface area (Å²) in [5.41, 5.74) is 9.56. The lowest BCUT2D eigenvalue weighted by Crippen LogP contribution is -2.35. The zero-order valence-corrected chi connectivity index (χ0v) is 11.9. The van der Waals surface area contributed by atoms with E-state index in [4.69, 9.17) is 15.7 Å². The molecule has 3 rings (SSSR count). The first-order valence-corrected chi connectivity index (χ1v) is 7.61. The van der Waals surface area contributed by atoms with E-state index in [0.29, 0.717) is 6.54 Å². The maximum absolute atomic E-state index is 5.89. The Morgan fingerprint density at radius 2 is 1.89 bits per heavy atom. The molecule has 2 aliphatic rings. The summed E-state index contributed by atoms with van der Waals surface area (Å²) in [6, 6.07) is 0. The molecule has 0 saturated carbocycles. The molecule has 0 unspecified atom stereocenters. The molecule has 1 aliphatic carbocycles. The number of piperidine rings is 1. The number of nitrogens with zero attached hydrogens (tertiary/aromatic N) is 3. The maximum Gasteiger partial charge on any atom is 0.225 e. The topological polar surface area (TPSA) is 55.0 Å². The molecule has 1 aromatic heterocycles. The van der Waals surface area contributed by atoms with Crippen molar-refractivity contribution in [2.45, 2.75) is 52.0 Å². The zero-order valence-electron chi connectivity index (χ0n) is 11.9. The highest BCUT2D eigenvalue weighted by Gasteiger charge is 2.22. The lowest BCUT2D eigenvalue weighted by Gasteiger charge is -2.31. The first-order valence-electron chi connectivity index (χ1n) is 7.61. The van der Waals surface area contributed by atoms with Gasteiger partial charge in [0.05, 0.1) is 5.69 Å². The van der Waals surface area contributed by atoms with E-state index in [1.807, 2.05) is 0 Å². The molecule has 2 N–H and O–H groups in total. The molecule has 0 bridgehead atoms. The molecular formula is C15H24N4. The van der Waals surface area contributed by atoms with Gasteiger partial charge in [-0.25, -0.2) is 9.97 Å². The van der Waals surface area contributed by atoms with Gasteiger partial charge in [-0.1, -0.05) is 6.92 Å². The monoisotopic (exact) mass is 260 g/mol. The third-order valence-electron chi connectivity index (χ3n) is 4.52. The minimum Gasteiger partial charge on any atom is -0.341 e. The number of anilines is 1. The van der Waals surface area contributed by atoms with E-state index < -0.39 is 0 Å². The van der Waals surface area contributed by atoms with E-state index in [-0.39, 0.29) is 0 Å². The van der Waals surface area contributed by atoms with Gasteiger partial charge in [-0.2, -0.15) is 0 Å². The number of nitrogens with two attached hydrogens (primary N) is 1. The van der Waals surface area contributed by atoms with Gasteiger partial charge in [0.15, 0.2) is 0 Å². The molecule has 0 spiro atoms. The Morgan fingerprint density at radius 3 is 2.63 bits per heavy atom. The Kier molecular flexibility index (Phi) is 3.69. The van der Waals surface area contributed by atoms with Crippen molar-refractivity contribution < 1.29 is 0 Å². The molecule has 1 saturated heterocycles. The number of aromatic nitrogens is 2. The quantitative estimate of drug-likeness (QED) is 0.884. The van der Waals surface area contributed by atoms with Gasteiger partial charge in [0.2, 0.25) is 5.95 Å². The number of fused-ring (bicyclic) bond motifs is 1. The van der Waals surface area contributed by atoms with Crippen LogP contribution in [0.15, 0.2) is 0 Å². The molecule has 2 heterocycles. The number of hydrogen-bond acceptors (Lipinski definition) is 4. The van der Waals surface area contributed by atoms with Crippen LogP contribution in [0.25, 0.3) is 0 Å². The minimum absolute atomic E-state index is 0.544. The van der Waals surface area contributed by atoms with Gasteiger partial charge in [-0.3, -0.25) is 0 Å². The second-order valence-electron chi connectivity index (χ2n) is 5.98. The van der Waals surface area contributed by atoms with Gasteiger partial charge in [0.1, 0.15) is 0 Å². The summed E-state index contributed by atoms with van der Waals surface area (Å²) in [7, 11) is 0. The molecule has 0 atom stereocenters. The van der Waals surface area contributed by atoms with Crippen LogP contribution >= 0.6 is 0 Å². The Labute approximate surface area is 115 Å². The standard InChI is InChI=1S/C15H24N4/c1-11-6-8-19(9-7-11)15-17-13-5-3-2-4-12(13)14(10-16)18-15/h11H,2-10,16H2,1H3. The third kappa shape index (κ3) is 2.59. The summed E-state index contributed by atoms with van der Waals surface area (Å²) in [6.07, 6.45) is 7.21. The number of hydrogen-bond donors (Lipinski definition) is 1. The molecular weight excluding hydrogens is 236 g/mol. The van der Waals surface area contributed by atoms with Crippen molar-refractivity contribution in [1.29, 1.82) is 0 Å². The average Bonchev–Trinajstić information content (AvgIpc) is 2.47. The summed E-state index contributed by atoms with van der Waals surface area (Å²) < 4.78 is 0. The summed E-state index contributed by atoms with van der Waals surface area (Å²) >= 11 is 0. The van der Waals surface area contributed by atoms with Crippen molar-refractivity contribution in [2.75, 3.05) is 18.0 Å². The highest BCUT2D eigenvalue weighted by molar-refractivity contribution is 5.38. The second-order valence-corrected chi connectivity index (χ2v) is 5.98. The Balaban J connectivity index is 1.89. The SMILES string of the molecule is CC1CCN(c2nc(CN)c3c(n2)CCCC3)CC1. The van der Waals surface area contributed by atoms with Crippen molar-refractivity contribution >= 4 is 5.95 Å². The van der Waals surface area contributed by atoms with E-state index in [0.717, 1.165) is 43.5 Å². The van der Waals surface area contributed by atoms with E-state index in [9.17, 15) is 0 Å². The van der Waals surface area contributed by atoms with Gasteiger partial charge in [-0.05, 0) is 50.0 Å². The molecule has 1 aliphatic heterocycles. The minimum atomic E-state index is 0.544. The van der Waals surface area contributed by atoms with Gasteiger partial charge in [-0.15, -0.1) is 0 Å². The van der Waals surface area contributed by atoms with Gasteiger partial charge < -0.3 is 10.6 Å². The lowest BCUT2D eigenvalue weighted by molar-refractivity contribution is 0.433. The van der Waals surface area contributed by atoms with Gasteiger partial charge in [0.25, 0.3) is 0 Å². The van der Waals surface area contributed by atoms with Crippen LogP contribution in [0.1, 0.15) is 49.6 Å². The molecule has 19 heavy (non-hydrogen) atoms. The smallest absolute Gasteiger partial charge is 0.225 e. The van der Waals surface area contributed by atoms with Crippen molar-refractivity contribution in [2.24, 2.45) is 11.7 Å². The Hall–Kier alpha value is -1.16. The fourth-order valence-electron chi connectivity index (χ4n) is 3.18. The normalized spacial score (nSPS) is 20.4. The Bertz CT molecular complexity index is 432. The van der Waals surface area contributed by atoms with E-state index in [1.165, 1.54) is 36.9 Å². The first kappa shape index (κ1) is 12.9. The van der Waals surface area contributed by atoms with Gasteiger partial charge >= 0.3 is 0 Å². The van der Waals surface area contributed by atoms with E-state index >= 15 is 0 Å². The Morgan fingerprint density at radius 1 is 1.16 bits per heavy atom. The molecule has 4 nitrogen and oxygen atoms in total. The fraction of sp³-hybridized carbons (Fsp3) is 0.733. The van der Waals surface area contributed by atoms with Crippen LogP contribution in [-0.2, 0) is 19.4 Å². The van der Waals surface area contributed by atoms with Crippen LogP contribution < -0.4 is 10.6 Å². The molecule has 0 amide bonds. The highest BCUT2D eigenvalue weighted by Crippen LogP contribution is 2.26. The molecule has 4 heteroatoms. The largest absolute Gasteiger partial charge is 0.341 e. The van der Waals surface area contributed by atoms with E-state index in [1.54, 1.807) is 0 Å². The summed E-state index contributed by atoms with van der Waals surface area (Å²) in [5, 5.41) is 0. The summed E-state index contributed by atoms with van der Waals surface area (Å²) in [6.45, 7) is 5.05. The predicted molar refractivity (Wildman–Crippen MR) is 77.2 cm³/mol. The van der Waals surface area contributed by atoms with Crippen LogP contribution in [0.3, 0.4) is 0 Å². The van der Waals surface area contributed by atoms with Gasteiger partial charge in [0, 0.05) is 25.3 Å². The van der Waals surface area contributed by atoms with Crippen LogP contribution in [0.5, 0.6) is 0 Å². The van der Waals surface area contributed by atoms with Crippen LogP contribution in [0.4, 0.5) is 5.95 Å². The van der Waals surface area contributed by atoms with Crippen LogP contribution in [0.2, 0.25) is 0 Å². The van der Waals surface area contributed by atoms with Crippen molar-refractivity contribution in [3.05, 3.63) is 17.0 Å². The number of rotatable bonds is 2. The predicted octanol–water partition coefficient (Wildman–Crippen LogP) is 2.05. The zero-order chi connectivity index (χ0) is 13.2. The molecule has 1 fully saturated rings. The molecule has 0 radical (unpaired) electrons. The molecule has 1 aromatic rings. The molecule has 104 valence electrons. The average molecular weight is 260 g/mol. The third-order valence-corrected chi connectivity index (χ3v) is 4.52. The first-order chi connectivity index (χ1) is 9.28. The highest BCUT2D eigenvalue weighted by atomic mass is 15.3. The van der Waals surface area contributed by atoms with Crippen molar-refractivity contribution in [3.63, 3.8) is 0 Å². The molecule has 0 aromatic carbocycles. The van der Waals surface area contributed by atoms with Crippen molar-refractivity contribution in [3.8, 4) is 0 Å². The summed E-state index contributed by atoms with van der Waals surface area (Å²) in [4.78, 5) is 11.9. The number of aryl methyl sites for hydroxylation is 1. The van der Waals surface area contributed by atoms with Crippen LogP contribution in [-0.4, -0.2) is 23.1 Å². The maximum atomic E-state index is 5.89. The summed E-state index contributed by atoms with van der Waals surface area (Å²) in [5.74, 6) is 1.76. The second kappa shape index (κ2) is 5.45. The fourth-order valence-corrected chi connectivity index (χ4v) is 3.18. The van der Waals surface area contributed by atoms with Crippen molar-refractivity contribution in [1.82, 2.24) is 9.97 Å².